The van der Waals surface area contributed by atoms with Gasteiger partial charge in [-0.3, -0.25) is 9.59 Å². The molecule has 0 spiro atoms. The van der Waals surface area contributed by atoms with Gasteiger partial charge in [-0.25, -0.2) is 0 Å². The van der Waals surface area contributed by atoms with Crippen LogP contribution in [0, 0.1) is 0 Å². The van der Waals surface area contributed by atoms with E-state index in [9.17, 15) is 9.59 Å². The first-order valence-corrected chi connectivity index (χ1v) is 7.43. The van der Waals surface area contributed by atoms with Crippen molar-refractivity contribution in [2.75, 3.05) is 18.7 Å². The Kier molecular flexibility index (Phi) is 3.45. The van der Waals surface area contributed by atoms with Crippen LogP contribution in [0.5, 0.6) is 17.2 Å². The van der Waals surface area contributed by atoms with Gasteiger partial charge in [0.05, 0.1) is 11.3 Å². The zero-order chi connectivity index (χ0) is 16.5. The van der Waals surface area contributed by atoms with Crippen LogP contribution in [0.25, 0.3) is 0 Å². The zero-order valence-corrected chi connectivity index (χ0v) is 12.6. The highest BCUT2D eigenvalue weighted by Crippen LogP contribution is 2.33. The van der Waals surface area contributed by atoms with E-state index in [4.69, 9.17) is 14.2 Å². The Bertz CT molecular complexity index is 834. The minimum atomic E-state index is -0.296. The van der Waals surface area contributed by atoms with Crippen molar-refractivity contribution in [3.63, 3.8) is 0 Å². The molecule has 2 heterocycles. The third-order valence-corrected chi connectivity index (χ3v) is 3.78. The molecule has 0 bridgehead atoms. The highest BCUT2D eigenvalue weighted by Gasteiger charge is 2.22. The van der Waals surface area contributed by atoms with E-state index in [0.29, 0.717) is 35.0 Å². The lowest BCUT2D eigenvalue weighted by Gasteiger charge is -2.20. The fraction of sp³-hybridized carbons (Fsp3) is 0.176. The van der Waals surface area contributed by atoms with Crippen LogP contribution in [0.2, 0.25) is 0 Å². The molecule has 0 aromatic heterocycles. The molecule has 7 heteroatoms. The van der Waals surface area contributed by atoms with Crippen molar-refractivity contribution in [1.82, 2.24) is 5.32 Å². The Labute approximate surface area is 137 Å². The first-order valence-electron chi connectivity index (χ1n) is 7.43. The lowest BCUT2D eigenvalue weighted by atomic mass is 10.1. The topological polar surface area (TPSA) is 85.9 Å². The number of fused-ring (bicyclic) bond motifs is 2. The van der Waals surface area contributed by atoms with Gasteiger partial charge in [0.25, 0.3) is 11.8 Å². The summed E-state index contributed by atoms with van der Waals surface area (Å²) in [6.45, 7) is 0.490. The number of amides is 2. The summed E-state index contributed by atoms with van der Waals surface area (Å²) in [7, 11) is 0. The summed E-state index contributed by atoms with van der Waals surface area (Å²) in [4.78, 5) is 24.0. The Morgan fingerprint density at radius 1 is 1.08 bits per heavy atom. The summed E-state index contributed by atoms with van der Waals surface area (Å²) in [5.41, 5.74) is 1.65. The lowest BCUT2D eigenvalue weighted by molar-refractivity contribution is -0.118. The predicted molar refractivity (Wildman–Crippen MR) is 84.3 cm³/mol. The van der Waals surface area contributed by atoms with Crippen LogP contribution < -0.4 is 24.8 Å². The number of ether oxygens (including phenoxy) is 3. The highest BCUT2D eigenvalue weighted by molar-refractivity contribution is 6.06. The van der Waals surface area contributed by atoms with Crippen LogP contribution in [-0.2, 0) is 11.3 Å². The van der Waals surface area contributed by atoms with E-state index < -0.39 is 0 Å². The Morgan fingerprint density at radius 3 is 2.88 bits per heavy atom. The standard InChI is InChI=1S/C17H14N2O5/c20-15-8-22-13-3-1-2-11(16(13)19-15)17(21)18-7-10-4-5-12-14(6-10)24-9-23-12/h1-6H,7-9H2,(H,18,21)(H,19,20). The summed E-state index contributed by atoms with van der Waals surface area (Å²) in [5.74, 6) is 1.28. The first-order chi connectivity index (χ1) is 11.7. The molecule has 4 rings (SSSR count). The molecule has 2 aromatic carbocycles. The zero-order valence-electron chi connectivity index (χ0n) is 12.6. The van der Waals surface area contributed by atoms with Gasteiger partial charge in [-0.05, 0) is 29.8 Å². The number of carbonyl (C=O) groups is 2. The summed E-state index contributed by atoms with van der Waals surface area (Å²) < 4.78 is 15.9. The number of carbonyl (C=O) groups excluding carboxylic acids is 2. The van der Waals surface area contributed by atoms with E-state index in [2.05, 4.69) is 10.6 Å². The van der Waals surface area contributed by atoms with E-state index >= 15 is 0 Å². The second kappa shape index (κ2) is 5.77. The number of nitrogens with one attached hydrogen (secondary N) is 2. The van der Waals surface area contributed by atoms with Crippen molar-refractivity contribution in [2.24, 2.45) is 0 Å². The van der Waals surface area contributed by atoms with Crippen molar-refractivity contribution in [3.8, 4) is 17.2 Å². The maximum Gasteiger partial charge on any atom is 0.262 e. The molecule has 2 aliphatic heterocycles. The highest BCUT2D eigenvalue weighted by atomic mass is 16.7. The Hall–Kier alpha value is -3.22. The monoisotopic (exact) mass is 326 g/mol. The average molecular weight is 326 g/mol. The third-order valence-electron chi connectivity index (χ3n) is 3.78. The maximum atomic E-state index is 12.5. The molecule has 24 heavy (non-hydrogen) atoms. The Morgan fingerprint density at radius 2 is 1.96 bits per heavy atom. The second-order valence-corrected chi connectivity index (χ2v) is 5.39. The normalized spacial score (nSPS) is 14.4. The molecule has 0 radical (unpaired) electrons. The fourth-order valence-corrected chi connectivity index (χ4v) is 2.62. The van der Waals surface area contributed by atoms with Gasteiger partial charge in [0, 0.05) is 6.54 Å². The van der Waals surface area contributed by atoms with E-state index in [1.54, 1.807) is 18.2 Å². The summed E-state index contributed by atoms with van der Waals surface area (Å²) in [6, 6.07) is 10.6. The van der Waals surface area contributed by atoms with Gasteiger partial charge in [0.15, 0.2) is 18.1 Å². The number of anilines is 1. The molecular weight excluding hydrogens is 312 g/mol. The molecule has 0 saturated heterocycles. The van der Waals surface area contributed by atoms with E-state index in [1.807, 2.05) is 18.2 Å². The number of hydrogen-bond acceptors (Lipinski definition) is 5. The molecule has 2 N–H and O–H groups in total. The lowest BCUT2D eigenvalue weighted by Crippen LogP contribution is -2.29. The van der Waals surface area contributed by atoms with Gasteiger partial charge >= 0.3 is 0 Å². The van der Waals surface area contributed by atoms with Crippen molar-refractivity contribution in [3.05, 3.63) is 47.5 Å². The van der Waals surface area contributed by atoms with Crippen LogP contribution in [0.3, 0.4) is 0 Å². The van der Waals surface area contributed by atoms with Crippen LogP contribution in [-0.4, -0.2) is 25.2 Å². The SMILES string of the molecule is O=C1COc2cccc(C(=O)NCc3ccc4c(c3)OCO4)c2N1. The van der Waals surface area contributed by atoms with Crippen molar-refractivity contribution < 1.29 is 23.8 Å². The molecule has 2 aromatic rings. The van der Waals surface area contributed by atoms with Gasteiger partial charge in [-0.2, -0.15) is 0 Å². The minimum absolute atomic E-state index is 0.0464. The molecule has 7 nitrogen and oxygen atoms in total. The molecule has 0 unspecified atom stereocenters. The fourth-order valence-electron chi connectivity index (χ4n) is 2.62. The maximum absolute atomic E-state index is 12.5. The van der Waals surface area contributed by atoms with Crippen molar-refractivity contribution in [1.29, 1.82) is 0 Å². The van der Waals surface area contributed by atoms with Gasteiger partial charge in [0.2, 0.25) is 6.79 Å². The molecule has 0 saturated carbocycles. The van der Waals surface area contributed by atoms with Crippen molar-refractivity contribution >= 4 is 17.5 Å². The van der Waals surface area contributed by atoms with Crippen LogP contribution in [0.1, 0.15) is 15.9 Å². The first kappa shape index (κ1) is 14.4. The third kappa shape index (κ3) is 2.60. The summed E-state index contributed by atoms with van der Waals surface area (Å²) >= 11 is 0. The van der Waals surface area contributed by atoms with E-state index in [0.717, 1.165) is 5.56 Å². The largest absolute Gasteiger partial charge is 0.482 e. The smallest absolute Gasteiger partial charge is 0.262 e. The molecule has 0 fully saturated rings. The number of rotatable bonds is 3. The number of benzene rings is 2. The number of para-hydroxylation sites is 1. The number of hydrogen-bond donors (Lipinski definition) is 2. The summed E-state index contributed by atoms with van der Waals surface area (Å²) in [6.07, 6.45) is 0. The van der Waals surface area contributed by atoms with Crippen molar-refractivity contribution in [2.45, 2.75) is 6.54 Å². The quantitative estimate of drug-likeness (QED) is 0.896. The van der Waals surface area contributed by atoms with E-state index in [-0.39, 0.29) is 25.2 Å². The molecule has 0 atom stereocenters. The predicted octanol–water partition coefficient (Wildman–Crippen LogP) is 1.68. The summed E-state index contributed by atoms with van der Waals surface area (Å²) in [5, 5.41) is 5.51. The molecule has 122 valence electrons. The minimum Gasteiger partial charge on any atom is -0.482 e. The Balaban J connectivity index is 1.50. The second-order valence-electron chi connectivity index (χ2n) is 5.39. The van der Waals surface area contributed by atoms with Crippen LogP contribution in [0.4, 0.5) is 5.69 Å². The molecule has 0 aliphatic carbocycles. The molecule has 2 amide bonds. The van der Waals surface area contributed by atoms with Gasteiger partial charge in [-0.15, -0.1) is 0 Å². The molecular formula is C17H14N2O5. The van der Waals surface area contributed by atoms with Crippen LogP contribution in [0.15, 0.2) is 36.4 Å². The molecule has 2 aliphatic rings. The average Bonchev–Trinajstić information content (AvgIpc) is 3.06. The van der Waals surface area contributed by atoms with Gasteiger partial charge < -0.3 is 24.8 Å². The van der Waals surface area contributed by atoms with E-state index in [1.165, 1.54) is 0 Å². The van der Waals surface area contributed by atoms with Gasteiger partial charge in [-0.1, -0.05) is 12.1 Å². The van der Waals surface area contributed by atoms with Crippen LogP contribution >= 0.6 is 0 Å². The van der Waals surface area contributed by atoms with Gasteiger partial charge in [0.1, 0.15) is 5.75 Å².